The summed E-state index contributed by atoms with van der Waals surface area (Å²) in [5, 5.41) is 10.6. The van der Waals surface area contributed by atoms with Crippen LogP contribution >= 0.6 is 34.5 Å². The number of ether oxygens (including phenoxy) is 1. The van der Waals surface area contributed by atoms with Crippen LogP contribution < -0.4 is 9.64 Å². The predicted octanol–water partition coefficient (Wildman–Crippen LogP) is 8.09. The molecule has 0 bridgehead atoms. The highest BCUT2D eigenvalue weighted by Crippen LogP contribution is 2.36. The molecule has 32 heavy (non-hydrogen) atoms. The van der Waals surface area contributed by atoms with E-state index in [0.717, 1.165) is 23.4 Å². The van der Waals surface area contributed by atoms with Gasteiger partial charge >= 0.3 is 6.18 Å². The highest BCUT2D eigenvalue weighted by molar-refractivity contribution is 7.18. The summed E-state index contributed by atoms with van der Waals surface area (Å²) in [6.45, 7) is 0. The minimum absolute atomic E-state index is 0.0919. The molecule has 1 heterocycles. The van der Waals surface area contributed by atoms with Crippen LogP contribution in [0.15, 0.2) is 66.7 Å². The summed E-state index contributed by atoms with van der Waals surface area (Å²) in [4.78, 5) is 1.83. The fraction of sp³-hybridized carbons (Fsp3) is 0.0909. The predicted molar refractivity (Wildman–Crippen MR) is 121 cm³/mol. The first-order valence-corrected chi connectivity index (χ1v) is 10.8. The van der Waals surface area contributed by atoms with Crippen LogP contribution in [-0.4, -0.2) is 17.2 Å². The van der Waals surface area contributed by atoms with Crippen LogP contribution in [0.5, 0.6) is 11.5 Å². The lowest BCUT2D eigenvalue weighted by Gasteiger charge is -2.15. The van der Waals surface area contributed by atoms with Gasteiger partial charge in [-0.25, -0.2) is 0 Å². The van der Waals surface area contributed by atoms with Crippen LogP contribution in [0.4, 0.5) is 24.0 Å². The van der Waals surface area contributed by atoms with Crippen molar-refractivity contribution in [2.24, 2.45) is 0 Å². The zero-order chi connectivity index (χ0) is 22.9. The Bertz CT molecular complexity index is 1260. The second-order valence-electron chi connectivity index (χ2n) is 6.70. The van der Waals surface area contributed by atoms with Crippen LogP contribution in [0.2, 0.25) is 10.0 Å². The lowest BCUT2D eigenvalue weighted by molar-refractivity contribution is -0.137. The Hall–Kier alpha value is -2.81. The molecule has 0 amide bonds. The van der Waals surface area contributed by atoms with Crippen molar-refractivity contribution in [2.75, 3.05) is 11.9 Å². The van der Waals surface area contributed by atoms with Crippen LogP contribution in [-0.2, 0) is 6.18 Å². The molecule has 0 saturated heterocycles. The third kappa shape index (κ3) is 4.98. The second kappa shape index (κ2) is 8.97. The number of alkyl halides is 3. The number of hydrogen-bond acceptors (Lipinski definition) is 5. The molecule has 164 valence electrons. The normalized spacial score (nSPS) is 11.4. The number of aromatic nitrogens is 2. The molecule has 1 aromatic heterocycles. The van der Waals surface area contributed by atoms with E-state index < -0.39 is 11.7 Å². The summed E-state index contributed by atoms with van der Waals surface area (Å²) in [6.07, 6.45) is -4.44. The molecule has 10 heteroatoms. The van der Waals surface area contributed by atoms with Crippen molar-refractivity contribution in [3.05, 3.63) is 82.3 Å². The van der Waals surface area contributed by atoms with Gasteiger partial charge in [0, 0.05) is 18.3 Å². The third-order valence-corrected chi connectivity index (χ3v) is 6.26. The highest BCUT2D eigenvalue weighted by Gasteiger charge is 2.30. The van der Waals surface area contributed by atoms with E-state index in [1.165, 1.54) is 23.5 Å². The van der Waals surface area contributed by atoms with Gasteiger partial charge in [-0.3, -0.25) is 0 Å². The zero-order valence-corrected chi connectivity index (χ0v) is 18.7. The average Bonchev–Trinajstić information content (AvgIpc) is 3.25. The van der Waals surface area contributed by atoms with E-state index in [-0.39, 0.29) is 5.75 Å². The van der Waals surface area contributed by atoms with Gasteiger partial charge in [-0.05, 0) is 48.5 Å². The van der Waals surface area contributed by atoms with Gasteiger partial charge in [-0.2, -0.15) is 13.2 Å². The molecule has 4 aromatic rings. The van der Waals surface area contributed by atoms with Crippen molar-refractivity contribution >= 4 is 45.4 Å². The molecule has 0 aliphatic heterocycles. The van der Waals surface area contributed by atoms with E-state index >= 15 is 0 Å². The number of halogens is 5. The molecule has 0 unspecified atom stereocenters. The topological polar surface area (TPSA) is 38.2 Å². The zero-order valence-electron chi connectivity index (χ0n) is 16.4. The molecule has 0 fully saturated rings. The van der Waals surface area contributed by atoms with Gasteiger partial charge in [-0.15, -0.1) is 10.2 Å². The first kappa shape index (κ1) is 22.4. The maximum Gasteiger partial charge on any atom is 0.416 e. The van der Waals surface area contributed by atoms with Gasteiger partial charge in [-0.1, -0.05) is 52.7 Å². The number of benzene rings is 3. The van der Waals surface area contributed by atoms with Gasteiger partial charge < -0.3 is 9.64 Å². The largest absolute Gasteiger partial charge is 0.457 e. The summed E-state index contributed by atoms with van der Waals surface area (Å²) < 4.78 is 44.5. The highest BCUT2D eigenvalue weighted by atomic mass is 35.5. The molecular weight excluding hydrogens is 482 g/mol. The SMILES string of the molecule is CN(c1ccc(Cl)c(Cl)c1)c1nnc(-c2cccc(Oc3cccc(C(F)(F)F)c3)c2)s1. The van der Waals surface area contributed by atoms with E-state index in [0.29, 0.717) is 25.9 Å². The van der Waals surface area contributed by atoms with E-state index in [9.17, 15) is 13.2 Å². The lowest BCUT2D eigenvalue weighted by Crippen LogP contribution is -2.08. The summed E-state index contributed by atoms with van der Waals surface area (Å²) in [5.41, 5.74) is 0.745. The quantitative estimate of drug-likeness (QED) is 0.280. The second-order valence-corrected chi connectivity index (χ2v) is 8.47. The van der Waals surface area contributed by atoms with Crippen LogP contribution in [0, 0.1) is 0 Å². The summed E-state index contributed by atoms with van der Waals surface area (Å²) in [6, 6.07) is 16.9. The van der Waals surface area contributed by atoms with Crippen molar-refractivity contribution in [1.82, 2.24) is 10.2 Å². The van der Waals surface area contributed by atoms with Crippen molar-refractivity contribution in [3.63, 3.8) is 0 Å². The molecule has 0 N–H and O–H groups in total. The molecule has 0 radical (unpaired) electrons. The smallest absolute Gasteiger partial charge is 0.416 e. The third-order valence-electron chi connectivity index (χ3n) is 4.47. The van der Waals surface area contributed by atoms with E-state index in [1.54, 1.807) is 30.3 Å². The Morgan fingerprint density at radius 3 is 2.31 bits per heavy atom. The fourth-order valence-electron chi connectivity index (χ4n) is 2.84. The molecule has 3 aromatic carbocycles. The van der Waals surface area contributed by atoms with Crippen LogP contribution in [0.3, 0.4) is 0 Å². The van der Waals surface area contributed by atoms with Gasteiger partial charge in [0.1, 0.15) is 16.5 Å². The number of rotatable bonds is 5. The summed E-state index contributed by atoms with van der Waals surface area (Å²) in [5.74, 6) is 0.477. The fourth-order valence-corrected chi connectivity index (χ4v) is 3.95. The molecule has 0 atom stereocenters. The summed E-state index contributed by atoms with van der Waals surface area (Å²) in [7, 11) is 1.83. The minimum Gasteiger partial charge on any atom is -0.457 e. The van der Waals surface area contributed by atoms with Crippen molar-refractivity contribution < 1.29 is 17.9 Å². The number of nitrogens with zero attached hydrogens (tertiary/aromatic N) is 3. The van der Waals surface area contributed by atoms with Gasteiger partial charge in [0.25, 0.3) is 0 Å². The molecule has 0 spiro atoms. The Kier molecular flexibility index (Phi) is 6.28. The van der Waals surface area contributed by atoms with Gasteiger partial charge in [0.15, 0.2) is 0 Å². The monoisotopic (exact) mass is 495 g/mol. The van der Waals surface area contributed by atoms with Crippen LogP contribution in [0.25, 0.3) is 10.6 Å². The first-order chi connectivity index (χ1) is 15.2. The maximum atomic E-state index is 12.9. The maximum absolute atomic E-state index is 12.9. The Morgan fingerprint density at radius 1 is 0.875 bits per heavy atom. The van der Waals surface area contributed by atoms with Crippen molar-refractivity contribution in [2.45, 2.75) is 6.18 Å². The van der Waals surface area contributed by atoms with E-state index in [1.807, 2.05) is 24.1 Å². The molecule has 4 rings (SSSR count). The lowest BCUT2D eigenvalue weighted by atomic mass is 10.2. The molecule has 0 saturated carbocycles. The van der Waals surface area contributed by atoms with E-state index in [4.69, 9.17) is 27.9 Å². The molecule has 0 aliphatic rings. The van der Waals surface area contributed by atoms with Crippen molar-refractivity contribution in [1.29, 1.82) is 0 Å². The van der Waals surface area contributed by atoms with Gasteiger partial charge in [0.2, 0.25) is 5.13 Å². The summed E-state index contributed by atoms with van der Waals surface area (Å²) >= 11 is 13.4. The van der Waals surface area contributed by atoms with Crippen molar-refractivity contribution in [3.8, 4) is 22.1 Å². The Labute approximate surface area is 195 Å². The first-order valence-electron chi connectivity index (χ1n) is 9.18. The molecular formula is C22H14Cl2F3N3OS. The molecule has 4 nitrogen and oxygen atoms in total. The average molecular weight is 496 g/mol. The minimum atomic E-state index is -4.44. The van der Waals surface area contributed by atoms with Crippen LogP contribution in [0.1, 0.15) is 5.56 Å². The Morgan fingerprint density at radius 2 is 1.59 bits per heavy atom. The van der Waals surface area contributed by atoms with Gasteiger partial charge in [0.05, 0.1) is 15.6 Å². The number of hydrogen-bond donors (Lipinski definition) is 0. The Balaban J connectivity index is 1.55. The number of anilines is 2. The van der Waals surface area contributed by atoms with E-state index in [2.05, 4.69) is 10.2 Å². The standard InChI is InChI=1S/C22H14Cl2F3N3OS/c1-30(15-8-9-18(23)19(24)12-15)21-29-28-20(32-21)13-4-2-6-16(10-13)31-17-7-3-5-14(11-17)22(25,26)27/h2-12H,1H3. The molecule has 0 aliphatic carbocycles.